The van der Waals surface area contributed by atoms with Crippen LogP contribution in [-0.4, -0.2) is 18.5 Å². The molecule has 0 saturated heterocycles. The third kappa shape index (κ3) is 4.25. The molecule has 0 aliphatic rings. The van der Waals surface area contributed by atoms with Gasteiger partial charge in [0.2, 0.25) is 0 Å². The molecule has 3 aromatic rings. The lowest BCUT2D eigenvalue weighted by Gasteiger charge is -2.07. The summed E-state index contributed by atoms with van der Waals surface area (Å²) in [5.74, 6) is -0.937. The topological polar surface area (TPSA) is 79.2 Å². The van der Waals surface area contributed by atoms with Crippen molar-refractivity contribution in [2.45, 2.75) is 6.92 Å². The molecule has 1 amide bonds. The van der Waals surface area contributed by atoms with Crippen molar-refractivity contribution in [2.75, 3.05) is 11.9 Å². The first-order valence-corrected chi connectivity index (χ1v) is 8.80. The number of nitrogens with zero attached hydrogens (tertiary/aromatic N) is 1. The summed E-state index contributed by atoms with van der Waals surface area (Å²) in [6.45, 7) is 2.03. The minimum Gasteiger partial charge on any atom is -0.462 e. The van der Waals surface area contributed by atoms with Crippen LogP contribution in [0.4, 0.5) is 5.69 Å². The van der Waals surface area contributed by atoms with Crippen LogP contribution in [-0.2, 0) is 9.53 Å². The first-order chi connectivity index (χ1) is 13.6. The predicted octanol–water partition coefficient (Wildman–Crippen LogP) is 4.56. The van der Waals surface area contributed by atoms with Gasteiger partial charge in [0.05, 0.1) is 12.2 Å². The van der Waals surface area contributed by atoms with Gasteiger partial charge in [-0.1, -0.05) is 42.5 Å². The number of nitriles is 1. The molecular weight excluding hydrogens is 352 g/mol. The third-order valence-electron chi connectivity index (χ3n) is 4.14. The normalized spacial score (nSPS) is 10.9. The number of ether oxygens (including phenoxy) is 1. The number of benzene rings is 3. The second kappa shape index (κ2) is 8.65. The zero-order valence-corrected chi connectivity index (χ0v) is 15.3. The van der Waals surface area contributed by atoms with E-state index in [1.54, 1.807) is 37.3 Å². The van der Waals surface area contributed by atoms with Gasteiger partial charge in [0.1, 0.15) is 11.6 Å². The van der Waals surface area contributed by atoms with E-state index in [-0.39, 0.29) is 5.57 Å². The number of nitrogens with one attached hydrogen (secondary N) is 1. The van der Waals surface area contributed by atoms with Crippen molar-refractivity contribution in [1.29, 1.82) is 5.26 Å². The van der Waals surface area contributed by atoms with E-state index in [1.807, 2.05) is 48.5 Å². The lowest BCUT2D eigenvalue weighted by atomic mass is 10.0. The van der Waals surface area contributed by atoms with Gasteiger partial charge in [-0.3, -0.25) is 4.79 Å². The van der Waals surface area contributed by atoms with E-state index >= 15 is 0 Å². The fraction of sp³-hybridized carbons (Fsp3) is 0.0870. The fourth-order valence-electron chi connectivity index (χ4n) is 2.78. The Kier molecular flexibility index (Phi) is 5.83. The van der Waals surface area contributed by atoms with Gasteiger partial charge in [-0.25, -0.2) is 4.79 Å². The molecule has 0 aromatic heterocycles. The number of rotatable bonds is 5. The van der Waals surface area contributed by atoms with E-state index in [9.17, 15) is 14.9 Å². The molecule has 0 bridgehead atoms. The molecule has 0 radical (unpaired) electrons. The lowest BCUT2D eigenvalue weighted by molar-refractivity contribution is -0.112. The minimum atomic E-state index is -0.515. The highest BCUT2D eigenvalue weighted by molar-refractivity contribution is 6.10. The zero-order chi connectivity index (χ0) is 19.9. The van der Waals surface area contributed by atoms with Crippen molar-refractivity contribution in [1.82, 2.24) is 0 Å². The molecule has 1 N–H and O–H groups in total. The van der Waals surface area contributed by atoms with Crippen LogP contribution >= 0.6 is 0 Å². The molecule has 0 fully saturated rings. The van der Waals surface area contributed by atoms with Crippen molar-refractivity contribution >= 4 is 34.4 Å². The molecule has 28 heavy (non-hydrogen) atoms. The molecular formula is C23H18N2O3. The fourth-order valence-corrected chi connectivity index (χ4v) is 2.78. The Labute approximate surface area is 162 Å². The number of anilines is 1. The SMILES string of the molecule is CCOC(=O)c1ccc(NC(=O)/C(C#N)=C/c2cccc3ccccc23)cc1. The standard InChI is InChI=1S/C23H18N2O3/c1-2-28-23(27)17-10-12-20(13-11-17)25-22(26)19(15-24)14-18-8-5-7-16-6-3-4-9-21(16)18/h3-14H,2H2,1H3,(H,25,26)/b19-14+. The van der Waals surface area contributed by atoms with Gasteiger partial charge >= 0.3 is 5.97 Å². The van der Waals surface area contributed by atoms with E-state index in [1.165, 1.54) is 0 Å². The largest absolute Gasteiger partial charge is 0.462 e. The maximum absolute atomic E-state index is 12.5. The maximum atomic E-state index is 12.5. The maximum Gasteiger partial charge on any atom is 0.338 e. The average Bonchev–Trinajstić information content (AvgIpc) is 2.72. The summed E-state index contributed by atoms with van der Waals surface area (Å²) in [7, 11) is 0. The molecule has 0 aliphatic carbocycles. The van der Waals surface area contributed by atoms with Gasteiger partial charge in [-0.2, -0.15) is 5.26 Å². The first-order valence-electron chi connectivity index (χ1n) is 8.80. The number of hydrogen-bond acceptors (Lipinski definition) is 4. The summed E-state index contributed by atoms with van der Waals surface area (Å²) in [5, 5.41) is 14.1. The number of carbonyl (C=O) groups is 2. The molecule has 138 valence electrons. The summed E-state index contributed by atoms with van der Waals surface area (Å²) in [6, 6.07) is 21.8. The van der Waals surface area contributed by atoms with Crippen LogP contribution in [0, 0.1) is 11.3 Å². The van der Waals surface area contributed by atoms with Crippen molar-refractivity contribution in [3.8, 4) is 6.07 Å². The molecule has 3 aromatic carbocycles. The summed E-state index contributed by atoms with van der Waals surface area (Å²) in [4.78, 5) is 24.2. The van der Waals surface area contributed by atoms with Gasteiger partial charge in [0.25, 0.3) is 5.91 Å². The Hall–Kier alpha value is -3.91. The second-order valence-corrected chi connectivity index (χ2v) is 5.99. The van der Waals surface area contributed by atoms with Crippen LogP contribution in [0.2, 0.25) is 0 Å². The number of hydrogen-bond donors (Lipinski definition) is 1. The lowest BCUT2D eigenvalue weighted by Crippen LogP contribution is -2.13. The second-order valence-electron chi connectivity index (χ2n) is 5.99. The van der Waals surface area contributed by atoms with E-state index in [0.29, 0.717) is 17.9 Å². The van der Waals surface area contributed by atoms with Crippen molar-refractivity contribution < 1.29 is 14.3 Å². The van der Waals surface area contributed by atoms with Crippen LogP contribution in [0.15, 0.2) is 72.3 Å². The van der Waals surface area contributed by atoms with Crippen molar-refractivity contribution in [2.24, 2.45) is 0 Å². The van der Waals surface area contributed by atoms with E-state index in [4.69, 9.17) is 4.74 Å². The molecule has 0 aliphatic heterocycles. The van der Waals surface area contributed by atoms with Crippen molar-refractivity contribution in [3.63, 3.8) is 0 Å². The Balaban J connectivity index is 1.81. The molecule has 5 heteroatoms. The third-order valence-corrected chi connectivity index (χ3v) is 4.14. The van der Waals surface area contributed by atoms with Crippen LogP contribution < -0.4 is 5.32 Å². The van der Waals surface area contributed by atoms with Crippen LogP contribution in [0.3, 0.4) is 0 Å². The highest BCUT2D eigenvalue weighted by Gasteiger charge is 2.12. The Morgan fingerprint density at radius 1 is 1.04 bits per heavy atom. The number of amides is 1. The summed E-state index contributed by atoms with van der Waals surface area (Å²) in [5.41, 5.74) is 1.66. The molecule has 0 saturated carbocycles. The monoisotopic (exact) mass is 370 g/mol. The van der Waals surface area contributed by atoms with Crippen LogP contribution in [0.1, 0.15) is 22.8 Å². The Bertz CT molecular complexity index is 1090. The minimum absolute atomic E-state index is 0.00850. The Morgan fingerprint density at radius 2 is 1.75 bits per heavy atom. The summed E-state index contributed by atoms with van der Waals surface area (Å²) >= 11 is 0. The highest BCUT2D eigenvalue weighted by Crippen LogP contribution is 2.21. The summed E-state index contributed by atoms with van der Waals surface area (Å²) < 4.78 is 4.93. The number of carbonyl (C=O) groups excluding carboxylic acids is 2. The first kappa shape index (κ1) is 18.9. The van der Waals surface area contributed by atoms with Gasteiger partial charge in [0.15, 0.2) is 0 Å². The van der Waals surface area contributed by atoms with Crippen LogP contribution in [0.25, 0.3) is 16.8 Å². The average molecular weight is 370 g/mol. The van der Waals surface area contributed by atoms with E-state index in [0.717, 1.165) is 16.3 Å². The van der Waals surface area contributed by atoms with Crippen molar-refractivity contribution in [3.05, 3.63) is 83.4 Å². The van der Waals surface area contributed by atoms with Gasteiger partial charge in [-0.05, 0) is 53.6 Å². The summed E-state index contributed by atoms with van der Waals surface area (Å²) in [6.07, 6.45) is 1.57. The van der Waals surface area contributed by atoms with Gasteiger partial charge in [-0.15, -0.1) is 0 Å². The molecule has 5 nitrogen and oxygen atoms in total. The Morgan fingerprint density at radius 3 is 2.46 bits per heavy atom. The number of esters is 1. The van der Waals surface area contributed by atoms with Crippen LogP contribution in [0.5, 0.6) is 0 Å². The van der Waals surface area contributed by atoms with Gasteiger partial charge in [0, 0.05) is 5.69 Å². The van der Waals surface area contributed by atoms with E-state index in [2.05, 4.69) is 5.32 Å². The predicted molar refractivity (Wildman–Crippen MR) is 109 cm³/mol. The highest BCUT2D eigenvalue weighted by atomic mass is 16.5. The number of fused-ring (bicyclic) bond motifs is 1. The zero-order valence-electron chi connectivity index (χ0n) is 15.3. The van der Waals surface area contributed by atoms with E-state index < -0.39 is 11.9 Å². The molecule has 0 unspecified atom stereocenters. The molecule has 0 spiro atoms. The smallest absolute Gasteiger partial charge is 0.338 e. The molecule has 3 rings (SSSR count). The van der Waals surface area contributed by atoms with Gasteiger partial charge < -0.3 is 10.1 Å². The molecule has 0 atom stereocenters. The quantitative estimate of drug-likeness (QED) is 0.406. The molecule has 0 heterocycles.